The zero-order valence-corrected chi connectivity index (χ0v) is 15.6. The third kappa shape index (κ3) is 4.66. The van der Waals surface area contributed by atoms with Crippen molar-refractivity contribution in [3.63, 3.8) is 0 Å². The Labute approximate surface area is 160 Å². The number of amides is 2. The van der Waals surface area contributed by atoms with Crippen LogP contribution in [0.4, 0.5) is 4.79 Å². The molecule has 142 valence electrons. The van der Waals surface area contributed by atoms with Crippen LogP contribution in [-0.2, 0) is 24.2 Å². The largest absolute Gasteiger partial charge is 0.372 e. The van der Waals surface area contributed by atoms with E-state index in [-0.39, 0.29) is 18.2 Å². The van der Waals surface area contributed by atoms with Crippen LogP contribution in [0.2, 0.25) is 0 Å². The molecular formula is C22H27N3O2. The highest BCUT2D eigenvalue weighted by Gasteiger charge is 2.26. The Morgan fingerprint density at radius 2 is 1.85 bits per heavy atom. The fraction of sp³-hybridized carbons (Fsp3) is 0.455. The smallest absolute Gasteiger partial charge is 0.317 e. The second-order valence-electron chi connectivity index (χ2n) is 7.48. The molecule has 0 saturated carbocycles. The van der Waals surface area contributed by atoms with Gasteiger partial charge in [0.05, 0.1) is 18.4 Å². The monoisotopic (exact) mass is 365 g/mol. The number of fused-ring (bicyclic) bond motifs is 1. The molecule has 1 aliphatic heterocycles. The van der Waals surface area contributed by atoms with Crippen molar-refractivity contribution in [1.82, 2.24) is 15.2 Å². The summed E-state index contributed by atoms with van der Waals surface area (Å²) in [5.41, 5.74) is 3.75. The Hall–Kier alpha value is -2.40. The van der Waals surface area contributed by atoms with Crippen molar-refractivity contribution in [2.45, 2.75) is 50.9 Å². The zero-order valence-electron chi connectivity index (χ0n) is 15.6. The van der Waals surface area contributed by atoms with Gasteiger partial charge in [0, 0.05) is 25.3 Å². The summed E-state index contributed by atoms with van der Waals surface area (Å²) >= 11 is 0. The number of ether oxygens (including phenoxy) is 1. The van der Waals surface area contributed by atoms with Gasteiger partial charge in [0.15, 0.2) is 0 Å². The van der Waals surface area contributed by atoms with E-state index >= 15 is 0 Å². The number of piperidine rings is 1. The van der Waals surface area contributed by atoms with Crippen molar-refractivity contribution >= 4 is 6.03 Å². The number of carbonyl (C=O) groups excluding carboxylic acids is 1. The van der Waals surface area contributed by atoms with Crippen LogP contribution in [0.1, 0.15) is 36.1 Å². The first kappa shape index (κ1) is 18.0. The van der Waals surface area contributed by atoms with E-state index in [0.717, 1.165) is 50.9 Å². The highest BCUT2D eigenvalue weighted by Crippen LogP contribution is 2.22. The summed E-state index contributed by atoms with van der Waals surface area (Å²) < 4.78 is 5.97. The molecule has 4 rings (SSSR count). The molecule has 1 saturated heterocycles. The van der Waals surface area contributed by atoms with Crippen LogP contribution in [0.3, 0.4) is 0 Å². The number of aromatic nitrogens is 1. The number of carbonyl (C=O) groups is 1. The molecule has 1 fully saturated rings. The van der Waals surface area contributed by atoms with Crippen LogP contribution in [0.25, 0.3) is 0 Å². The van der Waals surface area contributed by atoms with Gasteiger partial charge in [-0.3, -0.25) is 4.98 Å². The zero-order chi connectivity index (χ0) is 18.5. The van der Waals surface area contributed by atoms with Gasteiger partial charge in [-0.1, -0.05) is 30.3 Å². The van der Waals surface area contributed by atoms with Gasteiger partial charge in [-0.2, -0.15) is 0 Å². The Morgan fingerprint density at radius 3 is 2.63 bits per heavy atom. The fourth-order valence-electron chi connectivity index (χ4n) is 4.00. The minimum absolute atomic E-state index is 0.0718. The predicted molar refractivity (Wildman–Crippen MR) is 104 cm³/mol. The molecule has 0 bridgehead atoms. The first-order valence-electron chi connectivity index (χ1n) is 9.91. The Balaban J connectivity index is 1.21. The second kappa shape index (κ2) is 8.53. The molecule has 2 aromatic rings. The molecule has 0 unspecified atom stereocenters. The van der Waals surface area contributed by atoms with Crippen LogP contribution in [0, 0.1) is 0 Å². The molecule has 5 nitrogen and oxygen atoms in total. The summed E-state index contributed by atoms with van der Waals surface area (Å²) in [4.78, 5) is 18.8. The summed E-state index contributed by atoms with van der Waals surface area (Å²) in [5, 5.41) is 3.24. The normalized spacial score (nSPS) is 20.1. The SMILES string of the molecule is O=C(N[C@@H]1CCc2ccccc2C1)N1CCC(OCc2ccccn2)CC1. The molecule has 1 atom stereocenters. The standard InChI is InChI=1S/C22H27N3O2/c26-22(24-19-9-8-17-5-1-2-6-18(17)15-19)25-13-10-21(11-14-25)27-16-20-7-3-4-12-23-20/h1-7,12,19,21H,8-11,13-16H2,(H,24,26)/t19-/m1/s1. The van der Waals surface area contributed by atoms with Crippen molar-refractivity contribution in [3.05, 3.63) is 65.5 Å². The summed E-state index contributed by atoms with van der Waals surface area (Å²) in [7, 11) is 0. The molecule has 1 aromatic heterocycles. The Morgan fingerprint density at radius 1 is 1.07 bits per heavy atom. The maximum Gasteiger partial charge on any atom is 0.317 e. The molecular weight excluding hydrogens is 338 g/mol. The van der Waals surface area contributed by atoms with E-state index < -0.39 is 0 Å². The van der Waals surface area contributed by atoms with E-state index in [1.807, 2.05) is 23.1 Å². The van der Waals surface area contributed by atoms with E-state index in [9.17, 15) is 4.79 Å². The van der Waals surface area contributed by atoms with Gasteiger partial charge in [0.2, 0.25) is 0 Å². The van der Waals surface area contributed by atoms with E-state index in [2.05, 4.69) is 34.6 Å². The lowest BCUT2D eigenvalue weighted by molar-refractivity contribution is 0.00287. The third-order valence-corrected chi connectivity index (χ3v) is 5.60. The fourth-order valence-corrected chi connectivity index (χ4v) is 4.00. The third-order valence-electron chi connectivity index (χ3n) is 5.60. The molecule has 1 aliphatic carbocycles. The molecule has 1 N–H and O–H groups in total. The van der Waals surface area contributed by atoms with E-state index in [0.29, 0.717) is 6.61 Å². The van der Waals surface area contributed by atoms with Gasteiger partial charge in [-0.05, 0) is 55.4 Å². The van der Waals surface area contributed by atoms with Gasteiger partial charge in [-0.25, -0.2) is 4.79 Å². The van der Waals surface area contributed by atoms with Crippen LogP contribution in [0.15, 0.2) is 48.7 Å². The summed E-state index contributed by atoms with van der Waals surface area (Å²) in [6.07, 6.45) is 6.76. The van der Waals surface area contributed by atoms with Gasteiger partial charge in [-0.15, -0.1) is 0 Å². The van der Waals surface area contributed by atoms with Crippen LogP contribution < -0.4 is 5.32 Å². The van der Waals surface area contributed by atoms with Gasteiger partial charge in [0.1, 0.15) is 0 Å². The number of urea groups is 1. The molecule has 2 heterocycles. The van der Waals surface area contributed by atoms with Crippen molar-refractivity contribution in [3.8, 4) is 0 Å². The summed E-state index contributed by atoms with van der Waals surface area (Å²) in [6, 6.07) is 14.7. The molecule has 5 heteroatoms. The van der Waals surface area contributed by atoms with E-state index in [4.69, 9.17) is 4.74 Å². The van der Waals surface area contributed by atoms with Gasteiger partial charge >= 0.3 is 6.03 Å². The number of nitrogens with zero attached hydrogens (tertiary/aromatic N) is 2. The Kier molecular flexibility index (Phi) is 5.68. The molecule has 1 aromatic carbocycles. The number of likely N-dealkylation sites (tertiary alicyclic amines) is 1. The van der Waals surface area contributed by atoms with Crippen molar-refractivity contribution < 1.29 is 9.53 Å². The quantitative estimate of drug-likeness (QED) is 0.904. The number of hydrogen-bond donors (Lipinski definition) is 1. The number of benzene rings is 1. The number of rotatable bonds is 4. The minimum Gasteiger partial charge on any atom is -0.372 e. The topological polar surface area (TPSA) is 54.5 Å². The lowest BCUT2D eigenvalue weighted by Crippen LogP contribution is -2.50. The summed E-state index contributed by atoms with van der Waals surface area (Å²) in [5.74, 6) is 0. The average Bonchev–Trinajstić information content (AvgIpc) is 2.73. The predicted octanol–water partition coefficient (Wildman–Crippen LogP) is 3.33. The molecule has 2 amide bonds. The number of aryl methyl sites for hydroxylation is 1. The first-order chi connectivity index (χ1) is 13.3. The Bertz CT molecular complexity index is 757. The van der Waals surface area contributed by atoms with Crippen LogP contribution in [0.5, 0.6) is 0 Å². The van der Waals surface area contributed by atoms with E-state index in [1.54, 1.807) is 6.20 Å². The second-order valence-corrected chi connectivity index (χ2v) is 7.48. The van der Waals surface area contributed by atoms with Gasteiger partial charge in [0.25, 0.3) is 0 Å². The van der Waals surface area contributed by atoms with Gasteiger partial charge < -0.3 is 15.0 Å². The summed E-state index contributed by atoms with van der Waals surface area (Å²) in [6.45, 7) is 2.04. The molecule has 0 radical (unpaired) electrons. The van der Waals surface area contributed by atoms with Crippen LogP contribution in [-0.4, -0.2) is 41.2 Å². The van der Waals surface area contributed by atoms with Crippen molar-refractivity contribution in [2.75, 3.05) is 13.1 Å². The molecule has 2 aliphatic rings. The highest BCUT2D eigenvalue weighted by atomic mass is 16.5. The van der Waals surface area contributed by atoms with Crippen molar-refractivity contribution in [1.29, 1.82) is 0 Å². The lowest BCUT2D eigenvalue weighted by Gasteiger charge is -2.34. The number of nitrogens with one attached hydrogen (secondary N) is 1. The molecule has 0 spiro atoms. The number of hydrogen-bond acceptors (Lipinski definition) is 3. The van der Waals surface area contributed by atoms with E-state index in [1.165, 1.54) is 11.1 Å². The highest BCUT2D eigenvalue weighted by molar-refractivity contribution is 5.74. The average molecular weight is 365 g/mol. The van der Waals surface area contributed by atoms with Crippen molar-refractivity contribution in [2.24, 2.45) is 0 Å². The maximum atomic E-state index is 12.6. The molecule has 27 heavy (non-hydrogen) atoms. The lowest BCUT2D eigenvalue weighted by atomic mass is 9.88. The number of pyridine rings is 1. The maximum absolute atomic E-state index is 12.6. The minimum atomic E-state index is 0.0718. The van der Waals surface area contributed by atoms with Crippen LogP contribution >= 0.6 is 0 Å². The first-order valence-corrected chi connectivity index (χ1v) is 9.91.